The molecule has 0 saturated carbocycles. The van der Waals surface area contributed by atoms with Crippen LogP contribution in [0.1, 0.15) is 27.2 Å². The second-order valence-corrected chi connectivity index (χ2v) is 7.08. The maximum atomic E-state index is 12.0. The SMILES string of the molecule is COc1ccc(SC(C)C(=O)NCCC(C)(C)C(=O)O)cc1. The zero-order valence-corrected chi connectivity index (χ0v) is 14.2. The highest BCUT2D eigenvalue weighted by Gasteiger charge is 2.27. The molecule has 0 aromatic heterocycles. The predicted molar refractivity (Wildman–Crippen MR) is 87.4 cm³/mol. The van der Waals surface area contributed by atoms with Crippen molar-refractivity contribution in [2.24, 2.45) is 5.41 Å². The smallest absolute Gasteiger partial charge is 0.309 e. The molecule has 1 atom stereocenters. The van der Waals surface area contributed by atoms with Gasteiger partial charge in [-0.05, 0) is 51.5 Å². The van der Waals surface area contributed by atoms with Crippen LogP contribution >= 0.6 is 11.8 Å². The van der Waals surface area contributed by atoms with Gasteiger partial charge in [-0.3, -0.25) is 9.59 Å². The first-order valence-electron chi connectivity index (χ1n) is 7.08. The summed E-state index contributed by atoms with van der Waals surface area (Å²) >= 11 is 1.45. The van der Waals surface area contributed by atoms with Crippen LogP contribution in [0.3, 0.4) is 0 Å². The molecular formula is C16H23NO4S. The van der Waals surface area contributed by atoms with Crippen LogP contribution < -0.4 is 10.1 Å². The van der Waals surface area contributed by atoms with Crippen LogP contribution in [-0.4, -0.2) is 35.9 Å². The lowest BCUT2D eigenvalue weighted by Gasteiger charge is -2.19. The molecular weight excluding hydrogens is 302 g/mol. The van der Waals surface area contributed by atoms with Gasteiger partial charge in [0.05, 0.1) is 17.8 Å². The average Bonchev–Trinajstić information content (AvgIpc) is 2.47. The van der Waals surface area contributed by atoms with Gasteiger partial charge in [-0.15, -0.1) is 11.8 Å². The molecule has 0 saturated heterocycles. The molecule has 122 valence electrons. The number of thioether (sulfide) groups is 1. The number of carboxylic acid groups (broad SMARTS) is 1. The fourth-order valence-corrected chi connectivity index (χ4v) is 2.55. The first-order chi connectivity index (χ1) is 10.3. The van der Waals surface area contributed by atoms with Crippen molar-refractivity contribution in [2.75, 3.05) is 13.7 Å². The zero-order chi connectivity index (χ0) is 16.8. The number of rotatable bonds is 8. The molecule has 0 bridgehead atoms. The second-order valence-electron chi connectivity index (χ2n) is 5.67. The van der Waals surface area contributed by atoms with Crippen molar-refractivity contribution in [1.82, 2.24) is 5.32 Å². The molecule has 0 heterocycles. The maximum Gasteiger partial charge on any atom is 0.309 e. The van der Waals surface area contributed by atoms with Crippen molar-refractivity contribution in [2.45, 2.75) is 37.3 Å². The Morgan fingerprint density at radius 3 is 2.41 bits per heavy atom. The van der Waals surface area contributed by atoms with E-state index in [0.717, 1.165) is 10.6 Å². The summed E-state index contributed by atoms with van der Waals surface area (Å²) in [6.45, 7) is 5.48. The molecule has 0 fully saturated rings. The van der Waals surface area contributed by atoms with Crippen molar-refractivity contribution in [3.8, 4) is 5.75 Å². The monoisotopic (exact) mass is 325 g/mol. The minimum atomic E-state index is -0.859. The molecule has 1 rings (SSSR count). The van der Waals surface area contributed by atoms with E-state index in [1.54, 1.807) is 21.0 Å². The zero-order valence-electron chi connectivity index (χ0n) is 13.4. The maximum absolute atomic E-state index is 12.0. The van der Waals surface area contributed by atoms with Gasteiger partial charge in [-0.25, -0.2) is 0 Å². The number of ether oxygens (including phenoxy) is 1. The van der Waals surface area contributed by atoms with Gasteiger partial charge in [0.1, 0.15) is 5.75 Å². The van der Waals surface area contributed by atoms with E-state index in [-0.39, 0.29) is 11.2 Å². The topological polar surface area (TPSA) is 75.6 Å². The first kappa shape index (κ1) is 18.4. The van der Waals surface area contributed by atoms with Crippen LogP contribution in [0.25, 0.3) is 0 Å². The molecule has 5 nitrogen and oxygen atoms in total. The van der Waals surface area contributed by atoms with Crippen LogP contribution in [0.5, 0.6) is 5.75 Å². The van der Waals surface area contributed by atoms with Gasteiger partial charge in [-0.1, -0.05) is 0 Å². The van der Waals surface area contributed by atoms with Gasteiger partial charge in [-0.2, -0.15) is 0 Å². The third-order valence-corrected chi connectivity index (χ3v) is 4.48. The largest absolute Gasteiger partial charge is 0.497 e. The molecule has 6 heteroatoms. The summed E-state index contributed by atoms with van der Waals surface area (Å²) in [5.41, 5.74) is -0.834. The summed E-state index contributed by atoms with van der Waals surface area (Å²) in [7, 11) is 1.61. The van der Waals surface area contributed by atoms with E-state index in [1.807, 2.05) is 31.2 Å². The lowest BCUT2D eigenvalue weighted by atomic mass is 9.90. The third-order valence-electron chi connectivity index (χ3n) is 3.37. The quantitative estimate of drug-likeness (QED) is 0.719. The number of methoxy groups -OCH3 is 1. The number of aliphatic carboxylic acids is 1. The van der Waals surface area contributed by atoms with Gasteiger partial charge < -0.3 is 15.2 Å². The molecule has 0 radical (unpaired) electrons. The number of benzene rings is 1. The lowest BCUT2D eigenvalue weighted by Crippen LogP contribution is -2.35. The number of carboxylic acids is 1. The highest BCUT2D eigenvalue weighted by molar-refractivity contribution is 8.00. The summed E-state index contributed by atoms with van der Waals surface area (Å²) in [6, 6.07) is 7.51. The van der Waals surface area contributed by atoms with E-state index >= 15 is 0 Å². The first-order valence-corrected chi connectivity index (χ1v) is 7.96. The molecule has 1 aromatic rings. The Bertz CT molecular complexity index is 513. The van der Waals surface area contributed by atoms with E-state index in [1.165, 1.54) is 11.8 Å². The van der Waals surface area contributed by atoms with Crippen LogP contribution in [0, 0.1) is 5.41 Å². The van der Waals surface area contributed by atoms with Gasteiger partial charge >= 0.3 is 5.97 Å². The van der Waals surface area contributed by atoms with E-state index in [4.69, 9.17) is 9.84 Å². The molecule has 2 N–H and O–H groups in total. The summed E-state index contributed by atoms with van der Waals surface area (Å²) in [5, 5.41) is 11.6. The summed E-state index contributed by atoms with van der Waals surface area (Å²) in [6.07, 6.45) is 0.397. The summed E-state index contributed by atoms with van der Waals surface area (Å²) in [4.78, 5) is 24.0. The van der Waals surface area contributed by atoms with Crippen molar-refractivity contribution in [1.29, 1.82) is 0 Å². The van der Waals surface area contributed by atoms with Gasteiger partial charge in [0.15, 0.2) is 0 Å². The highest BCUT2D eigenvalue weighted by atomic mass is 32.2. The summed E-state index contributed by atoms with van der Waals surface area (Å²) < 4.78 is 5.09. The molecule has 1 amide bonds. The van der Waals surface area contributed by atoms with Gasteiger partial charge in [0.2, 0.25) is 5.91 Å². The third kappa shape index (κ3) is 5.60. The normalized spacial score (nSPS) is 12.5. The number of hydrogen-bond donors (Lipinski definition) is 2. The van der Waals surface area contributed by atoms with Crippen molar-refractivity contribution in [3.05, 3.63) is 24.3 Å². The Labute approximate surface area is 135 Å². The van der Waals surface area contributed by atoms with Crippen molar-refractivity contribution >= 4 is 23.6 Å². The van der Waals surface area contributed by atoms with Gasteiger partial charge in [0.25, 0.3) is 0 Å². The molecule has 0 aliphatic rings. The van der Waals surface area contributed by atoms with E-state index < -0.39 is 11.4 Å². The Hall–Kier alpha value is -1.69. The Morgan fingerprint density at radius 1 is 1.32 bits per heavy atom. The van der Waals surface area contributed by atoms with E-state index in [9.17, 15) is 9.59 Å². The van der Waals surface area contributed by atoms with Crippen LogP contribution in [0.2, 0.25) is 0 Å². The van der Waals surface area contributed by atoms with E-state index in [0.29, 0.717) is 13.0 Å². The van der Waals surface area contributed by atoms with Crippen LogP contribution in [-0.2, 0) is 9.59 Å². The number of nitrogens with one attached hydrogen (secondary N) is 1. The number of amides is 1. The van der Waals surface area contributed by atoms with Gasteiger partial charge in [0, 0.05) is 11.4 Å². The highest BCUT2D eigenvalue weighted by Crippen LogP contribution is 2.25. The molecule has 1 unspecified atom stereocenters. The Morgan fingerprint density at radius 2 is 1.91 bits per heavy atom. The second kappa shape index (κ2) is 8.08. The van der Waals surface area contributed by atoms with Crippen LogP contribution in [0.15, 0.2) is 29.2 Å². The van der Waals surface area contributed by atoms with E-state index in [2.05, 4.69) is 5.32 Å². The standard InChI is InChI=1S/C16H23NO4S/c1-11(22-13-7-5-12(21-4)6-8-13)14(18)17-10-9-16(2,3)15(19)20/h5-8,11H,9-10H2,1-4H3,(H,17,18)(H,19,20). The Balaban J connectivity index is 2.43. The van der Waals surface area contributed by atoms with Crippen molar-refractivity contribution < 1.29 is 19.4 Å². The fraction of sp³-hybridized carbons (Fsp3) is 0.500. The minimum absolute atomic E-state index is 0.0954. The molecule has 0 spiro atoms. The lowest BCUT2D eigenvalue weighted by molar-refractivity contribution is -0.147. The molecule has 0 aliphatic carbocycles. The minimum Gasteiger partial charge on any atom is -0.497 e. The fourth-order valence-electron chi connectivity index (χ4n) is 1.66. The predicted octanol–water partition coefficient (Wildman–Crippen LogP) is 2.79. The Kier molecular flexibility index (Phi) is 6.74. The molecule has 22 heavy (non-hydrogen) atoms. The van der Waals surface area contributed by atoms with Crippen molar-refractivity contribution in [3.63, 3.8) is 0 Å². The molecule has 0 aliphatic heterocycles. The number of hydrogen-bond acceptors (Lipinski definition) is 4. The molecule has 1 aromatic carbocycles. The number of carbonyl (C=O) groups is 2. The number of carbonyl (C=O) groups excluding carboxylic acids is 1. The van der Waals surface area contributed by atoms with Crippen LogP contribution in [0.4, 0.5) is 0 Å². The average molecular weight is 325 g/mol. The summed E-state index contributed by atoms with van der Waals surface area (Å²) in [5.74, 6) is -0.179.